The van der Waals surface area contributed by atoms with Crippen LogP contribution in [0, 0.1) is 0 Å². The van der Waals surface area contributed by atoms with Crippen LogP contribution in [0.1, 0.15) is 31.3 Å². The van der Waals surface area contributed by atoms with Gasteiger partial charge in [0.25, 0.3) is 0 Å². The Kier molecular flexibility index (Phi) is 2.64. The lowest BCUT2D eigenvalue weighted by Crippen LogP contribution is -2.20. The summed E-state index contributed by atoms with van der Waals surface area (Å²) in [6, 6.07) is 0. The van der Waals surface area contributed by atoms with Gasteiger partial charge in [-0.05, 0) is 25.4 Å². The fourth-order valence-corrected chi connectivity index (χ4v) is 1.75. The predicted octanol–water partition coefficient (Wildman–Crippen LogP) is 1.98. The molecule has 0 radical (unpaired) electrons. The van der Waals surface area contributed by atoms with E-state index in [4.69, 9.17) is 16.4 Å². The highest BCUT2D eigenvalue weighted by Gasteiger charge is 2.33. The van der Waals surface area contributed by atoms with E-state index in [0.717, 1.165) is 12.1 Å². The van der Waals surface area contributed by atoms with Gasteiger partial charge in [0.1, 0.15) is 16.7 Å². The van der Waals surface area contributed by atoms with Gasteiger partial charge in [-0.3, -0.25) is 5.10 Å². The Labute approximate surface area is 97.7 Å². The minimum Gasteiger partial charge on any atom is -0.389 e. The second kappa shape index (κ2) is 3.68. The molecule has 0 spiro atoms. The summed E-state index contributed by atoms with van der Waals surface area (Å²) in [5.74, 6) is 0.586. The van der Waals surface area contributed by atoms with Crippen LogP contribution in [-0.4, -0.2) is 26.5 Å². The first-order chi connectivity index (χ1) is 6.98. The van der Waals surface area contributed by atoms with Gasteiger partial charge in [0.15, 0.2) is 0 Å². The highest BCUT2D eigenvalue weighted by Crippen LogP contribution is 2.31. The molecule has 0 aromatic carbocycles. The topological polar surface area (TPSA) is 63.2 Å². The van der Waals surface area contributed by atoms with Gasteiger partial charge in [0.2, 0.25) is 5.28 Å². The van der Waals surface area contributed by atoms with E-state index < -0.39 is 0 Å². The second-order valence-electron chi connectivity index (χ2n) is 4.00. The van der Waals surface area contributed by atoms with Crippen LogP contribution in [0.2, 0.25) is 5.28 Å². The Morgan fingerprint density at radius 1 is 1.60 bits per heavy atom. The highest BCUT2D eigenvalue weighted by atomic mass is 35.5. The number of nitrogens with one attached hydrogen (secondary N) is 1. The summed E-state index contributed by atoms with van der Waals surface area (Å²) in [7, 11) is 0. The molecule has 5 nitrogen and oxygen atoms in total. The average Bonchev–Trinajstić information content (AvgIpc) is 2.71. The molecule has 0 aliphatic carbocycles. The number of hydrogen-bond donors (Lipinski definition) is 2. The molecule has 0 amide bonds. The Morgan fingerprint density at radius 2 is 2.33 bits per heavy atom. The molecule has 1 aliphatic heterocycles. The number of aromatic amines is 1. The van der Waals surface area contributed by atoms with E-state index >= 15 is 0 Å². The van der Waals surface area contributed by atoms with Gasteiger partial charge in [-0.15, -0.1) is 5.10 Å². The van der Waals surface area contributed by atoms with Crippen LogP contribution in [0.4, 0.5) is 0 Å². The third-order valence-corrected chi connectivity index (χ3v) is 2.78. The molecular weight excluding hydrogens is 236 g/mol. The monoisotopic (exact) mass is 246 g/mol. The molecule has 1 unspecified atom stereocenters. The smallest absolute Gasteiger partial charge is 0.242 e. The fraction of sp³-hybridized carbons (Fsp3) is 0.625. The zero-order valence-electron chi connectivity index (χ0n) is 8.36. The number of halogens is 1. The van der Waals surface area contributed by atoms with Gasteiger partial charge < -0.3 is 4.84 Å². The van der Waals surface area contributed by atoms with Crippen LogP contribution in [0.3, 0.4) is 0 Å². The first-order valence-corrected chi connectivity index (χ1v) is 5.38. The van der Waals surface area contributed by atoms with Crippen molar-refractivity contribution in [1.82, 2.24) is 15.2 Å². The third kappa shape index (κ3) is 2.26. The first-order valence-electron chi connectivity index (χ1n) is 4.49. The van der Waals surface area contributed by atoms with Crippen molar-refractivity contribution in [2.45, 2.75) is 31.1 Å². The Morgan fingerprint density at radius 3 is 2.80 bits per heavy atom. The van der Waals surface area contributed by atoms with E-state index in [1.165, 1.54) is 0 Å². The summed E-state index contributed by atoms with van der Waals surface area (Å²) in [6.45, 7) is 3.94. The maximum absolute atomic E-state index is 5.61. The number of H-pyrrole nitrogens is 1. The molecule has 2 rings (SSSR count). The number of oxime groups is 1. The number of hydrogen-bond acceptors (Lipinski definition) is 5. The highest BCUT2D eigenvalue weighted by molar-refractivity contribution is 7.81. The molecular formula is C8H11ClN4OS. The molecule has 0 bridgehead atoms. The maximum atomic E-state index is 5.61. The molecule has 2 heterocycles. The van der Waals surface area contributed by atoms with Crippen LogP contribution in [0.25, 0.3) is 0 Å². The van der Waals surface area contributed by atoms with Crippen LogP contribution in [0.15, 0.2) is 5.16 Å². The molecule has 0 saturated heterocycles. The van der Waals surface area contributed by atoms with Crippen molar-refractivity contribution in [3.8, 4) is 0 Å². The van der Waals surface area contributed by atoms with Crippen molar-refractivity contribution in [2.75, 3.05) is 0 Å². The first kappa shape index (κ1) is 10.8. The SMILES string of the molecule is CC1(C)CC(C(S)c2nc(Cl)n[nH]2)=NO1. The molecule has 15 heavy (non-hydrogen) atoms. The molecule has 0 fully saturated rings. The van der Waals surface area contributed by atoms with Crippen molar-refractivity contribution in [2.24, 2.45) is 5.16 Å². The van der Waals surface area contributed by atoms with E-state index in [9.17, 15) is 0 Å². The summed E-state index contributed by atoms with van der Waals surface area (Å²) in [5.41, 5.74) is 0.566. The van der Waals surface area contributed by atoms with Gasteiger partial charge in [-0.25, -0.2) is 4.98 Å². The molecule has 1 aromatic rings. The van der Waals surface area contributed by atoms with Crippen molar-refractivity contribution in [1.29, 1.82) is 0 Å². The van der Waals surface area contributed by atoms with Gasteiger partial charge >= 0.3 is 0 Å². The molecule has 1 atom stereocenters. The molecule has 1 aromatic heterocycles. The Balaban J connectivity index is 2.13. The maximum Gasteiger partial charge on any atom is 0.242 e. The van der Waals surface area contributed by atoms with Crippen molar-refractivity contribution in [3.63, 3.8) is 0 Å². The van der Waals surface area contributed by atoms with E-state index in [2.05, 4.69) is 33.0 Å². The van der Waals surface area contributed by atoms with Gasteiger partial charge in [-0.1, -0.05) is 5.16 Å². The molecule has 1 aliphatic rings. The summed E-state index contributed by atoms with van der Waals surface area (Å²) in [4.78, 5) is 9.24. The van der Waals surface area contributed by atoms with Crippen LogP contribution >= 0.6 is 24.2 Å². The minimum atomic E-state index is -0.264. The fourth-order valence-electron chi connectivity index (χ4n) is 1.36. The lowest BCUT2D eigenvalue weighted by atomic mass is 10.0. The zero-order chi connectivity index (χ0) is 11.1. The Hall–Kier alpha value is -0.750. The van der Waals surface area contributed by atoms with Crippen LogP contribution in [0.5, 0.6) is 0 Å². The zero-order valence-corrected chi connectivity index (χ0v) is 10.0. The largest absolute Gasteiger partial charge is 0.389 e. The van der Waals surface area contributed by atoms with E-state index in [1.807, 2.05) is 13.8 Å². The number of aromatic nitrogens is 3. The second-order valence-corrected chi connectivity index (χ2v) is 4.86. The van der Waals surface area contributed by atoms with Crippen LogP contribution in [-0.2, 0) is 4.84 Å². The Bertz CT molecular complexity index is 403. The van der Waals surface area contributed by atoms with E-state index in [-0.39, 0.29) is 16.1 Å². The normalized spacial score (nSPS) is 20.9. The molecule has 1 N–H and O–H groups in total. The summed E-state index contributed by atoms with van der Waals surface area (Å²) < 4.78 is 0. The minimum absolute atomic E-state index is 0.183. The van der Waals surface area contributed by atoms with Crippen molar-refractivity contribution < 1.29 is 4.84 Å². The van der Waals surface area contributed by atoms with E-state index in [0.29, 0.717) is 5.82 Å². The van der Waals surface area contributed by atoms with E-state index in [1.54, 1.807) is 0 Å². The number of thiol groups is 1. The molecule has 0 saturated carbocycles. The summed E-state index contributed by atoms with van der Waals surface area (Å²) in [5, 5.41) is 10.4. The summed E-state index contributed by atoms with van der Waals surface area (Å²) in [6.07, 6.45) is 0.722. The lowest BCUT2D eigenvalue weighted by molar-refractivity contribution is 0.0123. The summed E-state index contributed by atoms with van der Waals surface area (Å²) >= 11 is 10.0. The lowest BCUT2D eigenvalue weighted by Gasteiger charge is -2.14. The molecule has 82 valence electrons. The molecule has 7 heteroatoms. The van der Waals surface area contributed by atoms with Gasteiger partial charge in [-0.2, -0.15) is 12.6 Å². The number of nitrogens with zero attached hydrogens (tertiary/aromatic N) is 3. The number of rotatable bonds is 2. The average molecular weight is 247 g/mol. The van der Waals surface area contributed by atoms with Gasteiger partial charge in [0.05, 0.1) is 5.71 Å². The third-order valence-electron chi connectivity index (χ3n) is 2.07. The van der Waals surface area contributed by atoms with Gasteiger partial charge in [0, 0.05) is 6.42 Å². The van der Waals surface area contributed by atoms with Crippen molar-refractivity contribution in [3.05, 3.63) is 11.1 Å². The van der Waals surface area contributed by atoms with Crippen LogP contribution < -0.4 is 0 Å². The van der Waals surface area contributed by atoms with Crippen molar-refractivity contribution >= 4 is 29.9 Å². The predicted molar refractivity (Wildman–Crippen MR) is 60.3 cm³/mol. The standard InChI is InChI=1S/C8H11ClN4OS/c1-8(2)3-4(13-14-8)5(15)6-10-7(9)12-11-6/h5,15H,3H2,1-2H3,(H,10,11,12). The quantitative estimate of drug-likeness (QED) is 0.785.